The van der Waals surface area contributed by atoms with E-state index in [1.807, 2.05) is 75.4 Å². The van der Waals surface area contributed by atoms with Crippen LogP contribution in [0.1, 0.15) is 38.8 Å². The molecule has 34 heavy (non-hydrogen) atoms. The van der Waals surface area contributed by atoms with Crippen LogP contribution in [0.3, 0.4) is 0 Å². The van der Waals surface area contributed by atoms with Gasteiger partial charge in [0.1, 0.15) is 24.0 Å². The van der Waals surface area contributed by atoms with E-state index in [-0.39, 0.29) is 12.2 Å². The van der Waals surface area contributed by atoms with E-state index >= 15 is 0 Å². The number of hydrogen-bond donors (Lipinski definition) is 4. The Bertz CT molecular complexity index is 1000. The van der Waals surface area contributed by atoms with Crippen LogP contribution in [0.4, 0.5) is 4.79 Å². The molecule has 0 aliphatic carbocycles. The third-order valence-electron chi connectivity index (χ3n) is 4.94. The van der Waals surface area contributed by atoms with Crippen molar-refractivity contribution in [2.45, 2.75) is 58.4 Å². The zero-order valence-corrected chi connectivity index (χ0v) is 19.7. The highest BCUT2D eigenvalue weighted by molar-refractivity contribution is 5.93. The van der Waals surface area contributed by atoms with Gasteiger partial charge in [-0.15, -0.1) is 10.6 Å². The van der Waals surface area contributed by atoms with Crippen molar-refractivity contribution in [1.29, 1.82) is 0 Å². The van der Waals surface area contributed by atoms with Gasteiger partial charge < -0.3 is 19.9 Å². The van der Waals surface area contributed by atoms with Gasteiger partial charge >= 0.3 is 12.1 Å². The number of amidine groups is 1. The van der Waals surface area contributed by atoms with Gasteiger partial charge in [0.05, 0.1) is 6.04 Å². The smallest absolute Gasteiger partial charge is 0.408 e. The second kappa shape index (κ2) is 10.9. The van der Waals surface area contributed by atoms with Crippen molar-refractivity contribution in [3.05, 3.63) is 65.7 Å². The first-order valence-electron chi connectivity index (χ1n) is 11.0. The van der Waals surface area contributed by atoms with E-state index in [1.165, 1.54) is 11.9 Å². The number of carbonyl (C=O) groups is 2. The van der Waals surface area contributed by atoms with Crippen molar-refractivity contribution in [1.82, 2.24) is 21.4 Å². The van der Waals surface area contributed by atoms with E-state index in [2.05, 4.69) is 21.5 Å². The molecule has 1 aliphatic rings. The van der Waals surface area contributed by atoms with Gasteiger partial charge in [0.15, 0.2) is 5.84 Å². The van der Waals surface area contributed by atoms with Crippen LogP contribution in [0.15, 0.2) is 59.7 Å². The maximum atomic E-state index is 12.6. The molecule has 2 aromatic carbocycles. The fraction of sp³-hybridized carbons (Fsp3) is 0.375. The average molecular weight is 470 g/mol. The predicted molar refractivity (Wildman–Crippen MR) is 127 cm³/mol. The number of nitrogens with one attached hydrogen (secondary N) is 3. The van der Waals surface area contributed by atoms with Gasteiger partial charge in [-0.25, -0.2) is 15.1 Å². The molecular weight excluding hydrogens is 438 g/mol. The van der Waals surface area contributed by atoms with E-state index in [1.54, 1.807) is 0 Å². The van der Waals surface area contributed by atoms with Crippen LogP contribution in [-0.2, 0) is 22.6 Å². The van der Waals surface area contributed by atoms with Crippen molar-refractivity contribution < 1.29 is 24.2 Å². The second-order valence-corrected chi connectivity index (χ2v) is 8.90. The van der Waals surface area contributed by atoms with Crippen molar-refractivity contribution in [3.8, 4) is 5.75 Å². The van der Waals surface area contributed by atoms with Crippen molar-refractivity contribution >= 4 is 17.9 Å². The number of alkyl carbamates (subject to hydrolysis) is 1. The summed E-state index contributed by atoms with van der Waals surface area (Å²) in [6.45, 7) is 7.53. The summed E-state index contributed by atoms with van der Waals surface area (Å²) in [4.78, 5) is 24.2. The number of benzene rings is 2. The molecule has 10 nitrogen and oxygen atoms in total. The number of hydrazone groups is 1. The number of hydrazine groups is 2. The third kappa shape index (κ3) is 7.11. The lowest BCUT2D eigenvalue weighted by atomic mass is 10.0. The highest BCUT2D eigenvalue weighted by atomic mass is 16.5. The zero-order valence-electron chi connectivity index (χ0n) is 19.7. The van der Waals surface area contributed by atoms with E-state index < -0.39 is 24.1 Å². The number of carboxylic acid groups (broad SMARTS) is 1. The quantitative estimate of drug-likeness (QED) is 0.442. The molecule has 182 valence electrons. The average Bonchev–Trinajstić information content (AvgIpc) is 3.27. The molecule has 0 unspecified atom stereocenters. The molecule has 0 aromatic heterocycles. The Kier molecular flexibility index (Phi) is 7.95. The molecule has 2 aromatic rings. The van der Waals surface area contributed by atoms with E-state index in [0.29, 0.717) is 12.3 Å². The summed E-state index contributed by atoms with van der Waals surface area (Å²) < 4.78 is 11.2. The number of rotatable bonds is 9. The molecule has 3 rings (SSSR count). The van der Waals surface area contributed by atoms with Gasteiger partial charge in [-0.3, -0.25) is 5.01 Å². The molecule has 0 radical (unpaired) electrons. The fourth-order valence-corrected chi connectivity index (χ4v) is 3.30. The van der Waals surface area contributed by atoms with Crippen molar-refractivity contribution in [3.63, 3.8) is 0 Å². The molecule has 0 saturated carbocycles. The zero-order chi connectivity index (χ0) is 24.7. The summed E-state index contributed by atoms with van der Waals surface area (Å²) in [5, 5.41) is 17.8. The minimum absolute atomic E-state index is 0.108. The van der Waals surface area contributed by atoms with Crippen LogP contribution in [0.25, 0.3) is 0 Å². The van der Waals surface area contributed by atoms with E-state index in [9.17, 15) is 14.7 Å². The molecule has 2 atom stereocenters. The molecule has 1 amide bonds. The predicted octanol–water partition coefficient (Wildman–Crippen LogP) is 2.81. The number of ether oxygens (including phenoxy) is 2. The van der Waals surface area contributed by atoms with Gasteiger partial charge in [0.2, 0.25) is 0 Å². The lowest BCUT2D eigenvalue weighted by Crippen LogP contribution is -2.56. The molecule has 4 N–H and O–H groups in total. The van der Waals surface area contributed by atoms with Gasteiger partial charge in [0, 0.05) is 6.42 Å². The number of amides is 1. The molecule has 1 aliphatic heterocycles. The number of nitrogens with zero attached hydrogens (tertiary/aromatic N) is 2. The summed E-state index contributed by atoms with van der Waals surface area (Å²) in [5.74, 6) is 0.00487. The molecule has 1 heterocycles. The standard InChI is InChI=1S/C24H31N5O5/c1-16(22(30)31)29-21(26-27-28-29)20(25-23(32)33-15-18-8-6-5-7-9-18)14-17-10-12-19(13-11-17)34-24(2,3)4/h5-13,16,20,27-28H,14-15H2,1-4H3,(H,25,32)(H,30,31)/t16-,20-/m0/s1. The first kappa shape index (κ1) is 24.8. The van der Waals surface area contributed by atoms with Gasteiger partial charge in [-0.1, -0.05) is 42.5 Å². The SMILES string of the molecule is C[C@@H](C(=O)O)N1NNN=C1[C@H](Cc1ccc(OC(C)(C)C)cc1)NC(=O)OCc1ccccc1. The number of aliphatic carboxylic acids is 1. The van der Waals surface area contributed by atoms with Crippen LogP contribution in [0, 0.1) is 0 Å². The summed E-state index contributed by atoms with van der Waals surface area (Å²) in [6, 6.07) is 15.2. The molecule has 0 fully saturated rings. The van der Waals surface area contributed by atoms with Crippen LogP contribution in [-0.4, -0.2) is 45.7 Å². The Morgan fingerprint density at radius 1 is 1.09 bits per heavy atom. The molecular formula is C24H31N5O5. The summed E-state index contributed by atoms with van der Waals surface area (Å²) in [5.41, 5.74) is 6.71. The summed E-state index contributed by atoms with van der Waals surface area (Å²) >= 11 is 0. The monoisotopic (exact) mass is 469 g/mol. The maximum Gasteiger partial charge on any atom is 0.408 e. The van der Waals surface area contributed by atoms with E-state index in [4.69, 9.17) is 9.47 Å². The number of carboxylic acids is 1. The molecule has 0 bridgehead atoms. The minimum Gasteiger partial charge on any atom is -0.488 e. The first-order valence-corrected chi connectivity index (χ1v) is 11.0. The number of hydrogen-bond acceptors (Lipinski definition) is 8. The Labute approximate surface area is 198 Å². The molecule has 0 spiro atoms. The normalized spacial score (nSPS) is 15.1. The van der Waals surface area contributed by atoms with Crippen LogP contribution in [0.2, 0.25) is 0 Å². The molecule has 0 saturated heterocycles. The Morgan fingerprint density at radius 3 is 2.38 bits per heavy atom. The summed E-state index contributed by atoms with van der Waals surface area (Å²) in [6.07, 6.45) is -0.291. The topological polar surface area (TPSA) is 125 Å². The third-order valence-corrected chi connectivity index (χ3v) is 4.94. The Balaban J connectivity index is 1.75. The van der Waals surface area contributed by atoms with Gasteiger partial charge in [0.25, 0.3) is 0 Å². The number of carbonyl (C=O) groups excluding carboxylic acids is 1. The Hall–Kier alpha value is -3.79. The first-order chi connectivity index (χ1) is 16.1. The molecule has 10 heteroatoms. The van der Waals surface area contributed by atoms with Crippen molar-refractivity contribution in [2.24, 2.45) is 5.10 Å². The minimum atomic E-state index is -1.04. The highest BCUT2D eigenvalue weighted by Gasteiger charge is 2.34. The largest absolute Gasteiger partial charge is 0.488 e. The van der Waals surface area contributed by atoms with Gasteiger partial charge in [-0.05, 0) is 51.0 Å². The Morgan fingerprint density at radius 2 is 1.76 bits per heavy atom. The maximum absolute atomic E-state index is 12.6. The highest BCUT2D eigenvalue weighted by Crippen LogP contribution is 2.20. The fourth-order valence-electron chi connectivity index (χ4n) is 3.30. The van der Waals surface area contributed by atoms with E-state index in [0.717, 1.165) is 16.9 Å². The van der Waals surface area contributed by atoms with Crippen LogP contribution >= 0.6 is 0 Å². The second-order valence-electron chi connectivity index (χ2n) is 8.90. The lowest BCUT2D eigenvalue weighted by Gasteiger charge is -2.28. The van der Waals surface area contributed by atoms with Crippen molar-refractivity contribution in [2.75, 3.05) is 0 Å². The van der Waals surface area contributed by atoms with Crippen LogP contribution < -0.4 is 21.1 Å². The van der Waals surface area contributed by atoms with Gasteiger partial charge in [-0.2, -0.15) is 0 Å². The summed E-state index contributed by atoms with van der Waals surface area (Å²) in [7, 11) is 0. The lowest BCUT2D eigenvalue weighted by molar-refractivity contribution is -0.142. The van der Waals surface area contributed by atoms with Crippen LogP contribution in [0.5, 0.6) is 5.75 Å².